The van der Waals surface area contributed by atoms with Crippen LogP contribution in [0.25, 0.3) is 82.4 Å². The van der Waals surface area contributed by atoms with Crippen molar-refractivity contribution < 1.29 is 0 Å². The number of rotatable bonds is 7. The van der Waals surface area contributed by atoms with Crippen molar-refractivity contribution >= 4 is 60.4 Å². The van der Waals surface area contributed by atoms with Gasteiger partial charge in [0.1, 0.15) is 0 Å². The summed E-state index contributed by atoms with van der Waals surface area (Å²) in [7, 11) is 0. The van der Waals surface area contributed by atoms with E-state index in [0.717, 1.165) is 33.9 Å². The Morgan fingerprint density at radius 2 is 0.810 bits per heavy atom. The van der Waals surface area contributed by atoms with Gasteiger partial charge in [0, 0.05) is 33.4 Å². The summed E-state index contributed by atoms with van der Waals surface area (Å²) < 4.78 is 2.39. The topological polar surface area (TPSA) is 8.17 Å². The first-order valence-corrected chi connectivity index (χ1v) is 19.9. The number of aromatic nitrogens is 1. The van der Waals surface area contributed by atoms with Gasteiger partial charge < -0.3 is 9.47 Å². The third-order valence-corrected chi connectivity index (χ3v) is 11.5. The fourth-order valence-electron chi connectivity index (χ4n) is 8.72. The molecule has 11 aromatic rings. The lowest BCUT2D eigenvalue weighted by molar-refractivity contribution is 1.18. The average molecular weight is 739 g/mol. The van der Waals surface area contributed by atoms with Crippen LogP contribution in [-0.2, 0) is 0 Å². The van der Waals surface area contributed by atoms with Gasteiger partial charge in [-0.05, 0) is 116 Å². The first kappa shape index (κ1) is 33.6. The van der Waals surface area contributed by atoms with E-state index in [9.17, 15) is 0 Å². The van der Waals surface area contributed by atoms with Gasteiger partial charge in [-0.2, -0.15) is 0 Å². The molecule has 0 spiro atoms. The second-order valence-electron chi connectivity index (χ2n) is 15.0. The first-order chi connectivity index (χ1) is 28.7. The summed E-state index contributed by atoms with van der Waals surface area (Å²) in [6.07, 6.45) is 0. The third kappa shape index (κ3) is 5.91. The van der Waals surface area contributed by atoms with Crippen molar-refractivity contribution in [1.82, 2.24) is 4.57 Å². The molecule has 1 aromatic heterocycles. The molecule has 0 N–H and O–H groups in total. The summed E-state index contributed by atoms with van der Waals surface area (Å²) >= 11 is 0. The number of para-hydroxylation sites is 3. The lowest BCUT2D eigenvalue weighted by atomic mass is 9.97. The maximum absolute atomic E-state index is 2.41. The fourth-order valence-corrected chi connectivity index (χ4v) is 8.72. The molecule has 272 valence electrons. The van der Waals surface area contributed by atoms with Gasteiger partial charge in [0.05, 0.1) is 16.7 Å². The zero-order valence-electron chi connectivity index (χ0n) is 31.8. The summed E-state index contributed by atoms with van der Waals surface area (Å²) in [5.74, 6) is 0. The Hall–Kier alpha value is -7.68. The number of fused-ring (bicyclic) bond motifs is 5. The van der Waals surface area contributed by atoms with Crippen LogP contribution in [0.3, 0.4) is 0 Å². The second kappa shape index (κ2) is 14.1. The van der Waals surface area contributed by atoms with E-state index in [2.05, 4.69) is 240 Å². The molecule has 0 bridgehead atoms. The van der Waals surface area contributed by atoms with Gasteiger partial charge in [-0.3, -0.25) is 0 Å². The predicted octanol–water partition coefficient (Wildman–Crippen LogP) is 15.6. The van der Waals surface area contributed by atoms with E-state index >= 15 is 0 Å². The lowest BCUT2D eigenvalue weighted by Gasteiger charge is -2.28. The minimum absolute atomic E-state index is 1.09. The third-order valence-electron chi connectivity index (χ3n) is 11.5. The summed E-state index contributed by atoms with van der Waals surface area (Å²) in [6, 6.07) is 83.8. The highest BCUT2D eigenvalue weighted by atomic mass is 15.1. The number of benzene rings is 10. The first-order valence-electron chi connectivity index (χ1n) is 19.9. The monoisotopic (exact) mass is 738 g/mol. The molecule has 0 amide bonds. The zero-order valence-corrected chi connectivity index (χ0v) is 31.8. The zero-order chi connectivity index (χ0) is 38.4. The van der Waals surface area contributed by atoms with E-state index in [1.54, 1.807) is 0 Å². The highest BCUT2D eigenvalue weighted by Crippen LogP contribution is 2.43. The average Bonchev–Trinajstić information content (AvgIpc) is 3.64. The van der Waals surface area contributed by atoms with Crippen LogP contribution in [0.2, 0.25) is 0 Å². The molecule has 0 aliphatic rings. The number of hydrogen-bond donors (Lipinski definition) is 0. The van der Waals surface area contributed by atoms with Crippen LogP contribution in [-0.4, -0.2) is 4.57 Å². The fraction of sp³-hybridized carbons (Fsp3) is 0. The Morgan fingerprint density at radius 1 is 0.293 bits per heavy atom. The van der Waals surface area contributed by atoms with Gasteiger partial charge in [0.2, 0.25) is 0 Å². The Labute approximate surface area is 338 Å². The molecule has 0 aliphatic carbocycles. The predicted molar refractivity (Wildman–Crippen MR) is 247 cm³/mol. The van der Waals surface area contributed by atoms with Gasteiger partial charge >= 0.3 is 0 Å². The van der Waals surface area contributed by atoms with Gasteiger partial charge in [0.25, 0.3) is 0 Å². The lowest BCUT2D eigenvalue weighted by Crippen LogP contribution is -2.11. The molecular weight excluding hydrogens is 701 g/mol. The van der Waals surface area contributed by atoms with Crippen LogP contribution < -0.4 is 4.90 Å². The highest BCUT2D eigenvalue weighted by Gasteiger charge is 2.19. The van der Waals surface area contributed by atoms with Gasteiger partial charge in [-0.25, -0.2) is 0 Å². The minimum atomic E-state index is 1.09. The molecule has 11 rings (SSSR count). The molecular formula is C56H38N2. The molecule has 10 aromatic carbocycles. The maximum Gasteiger partial charge on any atom is 0.0541 e. The van der Waals surface area contributed by atoms with Crippen molar-refractivity contribution in [3.8, 4) is 39.1 Å². The molecule has 0 unspecified atom stereocenters. The molecule has 2 nitrogen and oxygen atoms in total. The second-order valence-corrected chi connectivity index (χ2v) is 15.0. The smallest absolute Gasteiger partial charge is 0.0541 e. The van der Waals surface area contributed by atoms with Crippen molar-refractivity contribution in [3.05, 3.63) is 231 Å². The van der Waals surface area contributed by atoms with E-state index in [4.69, 9.17) is 0 Å². The van der Waals surface area contributed by atoms with Crippen LogP contribution in [0.15, 0.2) is 231 Å². The van der Waals surface area contributed by atoms with E-state index in [0.29, 0.717) is 0 Å². The molecule has 0 saturated heterocycles. The molecule has 0 atom stereocenters. The molecule has 0 aliphatic heterocycles. The van der Waals surface area contributed by atoms with Gasteiger partial charge in [0.15, 0.2) is 0 Å². The van der Waals surface area contributed by atoms with Crippen molar-refractivity contribution in [2.24, 2.45) is 0 Å². The van der Waals surface area contributed by atoms with Crippen molar-refractivity contribution in [2.75, 3.05) is 4.90 Å². The van der Waals surface area contributed by atoms with Crippen LogP contribution >= 0.6 is 0 Å². The van der Waals surface area contributed by atoms with E-state index in [-0.39, 0.29) is 0 Å². The molecule has 0 fully saturated rings. The van der Waals surface area contributed by atoms with E-state index < -0.39 is 0 Å². The van der Waals surface area contributed by atoms with Crippen molar-refractivity contribution in [2.45, 2.75) is 0 Å². The summed E-state index contributed by atoms with van der Waals surface area (Å²) in [6.45, 7) is 0. The number of hydrogen-bond acceptors (Lipinski definition) is 1. The highest BCUT2D eigenvalue weighted by molar-refractivity contribution is 6.09. The standard InChI is InChI=1S/C56H38N2/c1-3-15-42-35-46(29-27-39(42)13-1)41-31-33-48(34-32-41)57(54-24-8-5-21-51(54)47-30-28-40-14-2-4-16-43(40)36-47)49-19-11-17-44(37-49)45-18-12-20-50(38-45)58-55-25-9-6-22-52(55)53-23-7-10-26-56(53)58/h1-38H. The quantitative estimate of drug-likeness (QED) is 0.158. The Morgan fingerprint density at radius 3 is 1.52 bits per heavy atom. The SMILES string of the molecule is c1cc(-c2cccc(-n3c4ccccc4c4ccccc43)c2)cc(N(c2ccc(-c3ccc4ccccc4c3)cc2)c2ccccc2-c2ccc3ccccc3c2)c1. The van der Waals surface area contributed by atoms with Gasteiger partial charge in [-0.15, -0.1) is 0 Å². The van der Waals surface area contributed by atoms with Crippen LogP contribution in [0.5, 0.6) is 0 Å². The Kier molecular flexibility index (Phi) is 8.19. The summed E-state index contributed by atoms with van der Waals surface area (Å²) in [5, 5.41) is 7.48. The van der Waals surface area contributed by atoms with Crippen molar-refractivity contribution in [3.63, 3.8) is 0 Å². The normalized spacial score (nSPS) is 11.4. The van der Waals surface area contributed by atoms with E-state index in [1.807, 2.05) is 0 Å². The summed E-state index contributed by atoms with van der Waals surface area (Å²) in [4.78, 5) is 2.41. The van der Waals surface area contributed by atoms with Crippen LogP contribution in [0.1, 0.15) is 0 Å². The Balaban J connectivity index is 1.05. The van der Waals surface area contributed by atoms with Crippen LogP contribution in [0.4, 0.5) is 17.1 Å². The molecule has 0 saturated carbocycles. The van der Waals surface area contributed by atoms with Gasteiger partial charge in [-0.1, -0.05) is 164 Å². The molecule has 2 heteroatoms. The molecule has 0 radical (unpaired) electrons. The Bertz CT molecular complexity index is 3240. The molecule has 1 heterocycles. The van der Waals surface area contributed by atoms with Crippen LogP contribution in [0, 0.1) is 0 Å². The number of anilines is 3. The molecule has 58 heavy (non-hydrogen) atoms. The largest absolute Gasteiger partial charge is 0.310 e. The maximum atomic E-state index is 2.41. The minimum Gasteiger partial charge on any atom is -0.310 e. The number of nitrogens with zero attached hydrogens (tertiary/aromatic N) is 2. The summed E-state index contributed by atoms with van der Waals surface area (Å²) in [5.41, 5.74) is 13.9. The van der Waals surface area contributed by atoms with E-state index in [1.165, 1.54) is 65.6 Å². The van der Waals surface area contributed by atoms with Crippen molar-refractivity contribution in [1.29, 1.82) is 0 Å².